The Balaban J connectivity index is 1.26. The Kier molecular flexibility index (Phi) is 6.12. The summed E-state index contributed by atoms with van der Waals surface area (Å²) < 4.78 is 5.80. The molecule has 5 rings (SSSR count). The highest BCUT2D eigenvalue weighted by atomic mass is 35.5. The molecule has 3 heterocycles. The van der Waals surface area contributed by atoms with Crippen molar-refractivity contribution in [2.45, 2.75) is 0 Å². The number of hydrogen-bond donors (Lipinski definition) is 0. The number of thioether (sulfide) groups is 1. The number of carbonyl (C=O) groups excluding carboxylic acids is 1. The van der Waals surface area contributed by atoms with Gasteiger partial charge in [-0.15, -0.1) is 0 Å². The third-order valence-corrected chi connectivity index (χ3v) is 6.88. The van der Waals surface area contributed by atoms with Gasteiger partial charge in [0, 0.05) is 49.0 Å². The fourth-order valence-corrected chi connectivity index (χ4v) is 5.04. The molecule has 8 nitrogen and oxygen atoms in total. The van der Waals surface area contributed by atoms with Gasteiger partial charge in [0.2, 0.25) is 0 Å². The Morgan fingerprint density at radius 2 is 1.79 bits per heavy atom. The summed E-state index contributed by atoms with van der Waals surface area (Å²) in [5.41, 5.74) is 1.43. The zero-order chi connectivity index (χ0) is 23.7. The van der Waals surface area contributed by atoms with E-state index in [9.17, 15) is 14.9 Å². The lowest BCUT2D eigenvalue weighted by molar-refractivity contribution is -0.384. The Morgan fingerprint density at radius 3 is 2.56 bits per heavy atom. The fraction of sp³-hybridized carbons (Fsp3) is 0.167. The minimum atomic E-state index is -0.446. The molecule has 2 aliphatic rings. The molecule has 34 heavy (non-hydrogen) atoms. The number of nitro groups is 1. The van der Waals surface area contributed by atoms with E-state index in [2.05, 4.69) is 14.8 Å². The van der Waals surface area contributed by atoms with Crippen LogP contribution in [0.25, 0.3) is 17.4 Å². The maximum atomic E-state index is 12.5. The van der Waals surface area contributed by atoms with Gasteiger partial charge >= 0.3 is 0 Å². The van der Waals surface area contributed by atoms with Crippen molar-refractivity contribution in [2.24, 2.45) is 4.99 Å². The molecule has 0 spiro atoms. The minimum absolute atomic E-state index is 0.0371. The van der Waals surface area contributed by atoms with Gasteiger partial charge in [-0.1, -0.05) is 29.8 Å². The lowest BCUT2D eigenvalue weighted by Crippen LogP contribution is -2.47. The summed E-state index contributed by atoms with van der Waals surface area (Å²) in [6.07, 6.45) is 1.63. The van der Waals surface area contributed by atoms with Crippen molar-refractivity contribution in [3.63, 3.8) is 0 Å². The molecule has 0 aliphatic carbocycles. The zero-order valence-corrected chi connectivity index (χ0v) is 19.5. The topological polar surface area (TPSA) is 92.2 Å². The number of rotatable bonds is 4. The molecule has 1 amide bonds. The van der Waals surface area contributed by atoms with Crippen molar-refractivity contribution in [1.29, 1.82) is 0 Å². The first-order chi connectivity index (χ1) is 16.5. The summed E-state index contributed by atoms with van der Waals surface area (Å²) in [6, 6.07) is 17.5. The number of anilines is 1. The van der Waals surface area contributed by atoms with Gasteiger partial charge < -0.3 is 14.2 Å². The van der Waals surface area contributed by atoms with E-state index >= 15 is 0 Å². The van der Waals surface area contributed by atoms with Gasteiger partial charge in [-0.05, 0) is 48.2 Å². The van der Waals surface area contributed by atoms with Gasteiger partial charge in [0.25, 0.3) is 11.6 Å². The van der Waals surface area contributed by atoms with Crippen LogP contribution in [0.5, 0.6) is 0 Å². The highest BCUT2D eigenvalue weighted by Gasteiger charge is 2.29. The Labute approximate surface area is 204 Å². The Morgan fingerprint density at radius 1 is 1.03 bits per heavy atom. The van der Waals surface area contributed by atoms with Crippen LogP contribution in [-0.2, 0) is 4.79 Å². The van der Waals surface area contributed by atoms with Gasteiger partial charge in [0.1, 0.15) is 11.5 Å². The SMILES string of the molecule is O=C1N=C(N2CCN(c3cccc(Cl)c3)CC2)SC1=Cc1ccc(-c2ccccc2[N+](=O)[O-])o1. The molecule has 0 unspecified atom stereocenters. The molecular formula is C24H19ClN4O4S. The van der Waals surface area contributed by atoms with E-state index in [1.54, 1.807) is 36.4 Å². The summed E-state index contributed by atoms with van der Waals surface area (Å²) >= 11 is 7.42. The molecule has 0 saturated carbocycles. The molecule has 3 aromatic rings. The molecule has 2 aromatic carbocycles. The molecule has 172 valence electrons. The van der Waals surface area contributed by atoms with Crippen LogP contribution >= 0.6 is 23.4 Å². The number of halogens is 1. The monoisotopic (exact) mass is 494 g/mol. The van der Waals surface area contributed by atoms with E-state index in [0.29, 0.717) is 32.2 Å². The van der Waals surface area contributed by atoms with Crippen LogP contribution in [0.1, 0.15) is 5.76 Å². The minimum Gasteiger partial charge on any atom is -0.456 e. The van der Waals surface area contributed by atoms with Gasteiger partial charge in [-0.25, -0.2) is 0 Å². The molecule has 2 aliphatic heterocycles. The zero-order valence-electron chi connectivity index (χ0n) is 17.9. The largest absolute Gasteiger partial charge is 0.456 e. The Bertz CT molecular complexity index is 1330. The number of aliphatic imine (C=N–C) groups is 1. The summed E-state index contributed by atoms with van der Waals surface area (Å²) in [6.45, 7) is 3.07. The predicted octanol–water partition coefficient (Wildman–Crippen LogP) is 5.30. The summed E-state index contributed by atoms with van der Waals surface area (Å²) in [7, 11) is 0. The van der Waals surface area contributed by atoms with E-state index in [1.807, 2.05) is 24.3 Å². The predicted molar refractivity (Wildman–Crippen MR) is 134 cm³/mol. The fourth-order valence-electron chi connectivity index (χ4n) is 3.91. The second-order valence-electron chi connectivity index (χ2n) is 7.74. The van der Waals surface area contributed by atoms with Crippen molar-refractivity contribution in [1.82, 2.24) is 4.90 Å². The van der Waals surface area contributed by atoms with Crippen LogP contribution in [0.3, 0.4) is 0 Å². The normalized spacial score (nSPS) is 17.4. The van der Waals surface area contributed by atoms with Crippen LogP contribution in [0, 0.1) is 10.1 Å². The molecule has 0 radical (unpaired) electrons. The standard InChI is InChI=1S/C24H19ClN4O4S/c25-16-4-3-5-17(14-16)27-10-12-28(13-11-27)24-26-23(30)22(34-24)15-18-8-9-21(33-18)19-6-1-2-7-20(19)29(31)32/h1-9,14-15H,10-13H2. The third kappa shape index (κ3) is 4.57. The molecule has 0 atom stereocenters. The number of hydrogen-bond acceptors (Lipinski definition) is 7. The number of furan rings is 1. The van der Waals surface area contributed by atoms with Gasteiger partial charge in [-0.3, -0.25) is 14.9 Å². The average Bonchev–Trinajstić information content (AvgIpc) is 3.46. The number of nitrogens with zero attached hydrogens (tertiary/aromatic N) is 4. The summed E-state index contributed by atoms with van der Waals surface area (Å²) in [4.78, 5) is 32.4. The smallest absolute Gasteiger partial charge is 0.286 e. The number of benzene rings is 2. The van der Waals surface area contributed by atoms with Crippen molar-refractivity contribution in [3.05, 3.63) is 86.5 Å². The van der Waals surface area contributed by atoms with Crippen LogP contribution < -0.4 is 4.90 Å². The molecule has 10 heteroatoms. The number of carbonyl (C=O) groups is 1. The highest BCUT2D eigenvalue weighted by Crippen LogP contribution is 2.34. The molecule has 0 bridgehead atoms. The number of piperazine rings is 1. The van der Waals surface area contributed by atoms with Crippen molar-refractivity contribution in [3.8, 4) is 11.3 Å². The number of nitro benzene ring substituents is 1. The quantitative estimate of drug-likeness (QED) is 0.276. The van der Waals surface area contributed by atoms with Crippen LogP contribution in [0.2, 0.25) is 5.02 Å². The first kappa shape index (κ1) is 22.2. The van der Waals surface area contributed by atoms with Crippen LogP contribution in [0.15, 0.2) is 75.0 Å². The third-order valence-electron chi connectivity index (χ3n) is 5.60. The van der Waals surface area contributed by atoms with E-state index in [0.717, 1.165) is 31.9 Å². The van der Waals surface area contributed by atoms with Crippen molar-refractivity contribution >= 4 is 51.9 Å². The maximum absolute atomic E-state index is 12.5. The van der Waals surface area contributed by atoms with Crippen molar-refractivity contribution < 1.29 is 14.1 Å². The van der Waals surface area contributed by atoms with Crippen LogP contribution in [-0.4, -0.2) is 47.1 Å². The van der Waals surface area contributed by atoms with E-state index in [1.165, 1.54) is 17.8 Å². The second kappa shape index (κ2) is 9.36. The second-order valence-corrected chi connectivity index (χ2v) is 9.19. The first-order valence-corrected chi connectivity index (χ1v) is 11.8. The lowest BCUT2D eigenvalue weighted by atomic mass is 10.1. The molecular weight excluding hydrogens is 476 g/mol. The molecule has 1 saturated heterocycles. The summed E-state index contributed by atoms with van der Waals surface area (Å²) in [5, 5.41) is 12.7. The van der Waals surface area contributed by atoms with E-state index < -0.39 is 4.92 Å². The molecule has 1 aromatic heterocycles. The van der Waals surface area contributed by atoms with E-state index in [-0.39, 0.29) is 11.6 Å². The van der Waals surface area contributed by atoms with Gasteiger partial charge in [-0.2, -0.15) is 4.99 Å². The highest BCUT2D eigenvalue weighted by molar-refractivity contribution is 8.18. The summed E-state index contributed by atoms with van der Waals surface area (Å²) in [5.74, 6) is 0.486. The maximum Gasteiger partial charge on any atom is 0.286 e. The number of para-hydroxylation sites is 1. The van der Waals surface area contributed by atoms with Gasteiger partial charge in [0.05, 0.1) is 15.4 Å². The van der Waals surface area contributed by atoms with Crippen LogP contribution in [0.4, 0.5) is 11.4 Å². The molecule has 1 fully saturated rings. The molecule has 0 N–H and O–H groups in total. The van der Waals surface area contributed by atoms with E-state index in [4.69, 9.17) is 16.0 Å². The van der Waals surface area contributed by atoms with Crippen molar-refractivity contribution in [2.75, 3.05) is 31.1 Å². The Hall–Kier alpha value is -3.56. The average molecular weight is 495 g/mol. The van der Waals surface area contributed by atoms with Gasteiger partial charge in [0.15, 0.2) is 5.17 Å². The number of amidine groups is 1. The lowest BCUT2D eigenvalue weighted by Gasteiger charge is -2.36. The first-order valence-electron chi connectivity index (χ1n) is 10.6. The number of amides is 1.